The first-order valence-corrected chi connectivity index (χ1v) is 9.27. The molecule has 0 saturated carbocycles. The molecule has 0 radical (unpaired) electrons. The van der Waals surface area contributed by atoms with Gasteiger partial charge in [0.25, 0.3) is 0 Å². The van der Waals surface area contributed by atoms with Crippen LogP contribution >= 0.6 is 0 Å². The first-order valence-electron chi connectivity index (χ1n) is 9.27. The summed E-state index contributed by atoms with van der Waals surface area (Å²) in [4.78, 5) is 21.3. The SMILES string of the molecule is CN(C(=O)C1CC=CCC1)C1CCN(CCc2ccncc2)CC1. The van der Waals surface area contributed by atoms with Gasteiger partial charge in [0, 0.05) is 51.0 Å². The summed E-state index contributed by atoms with van der Waals surface area (Å²) in [6.45, 7) is 3.29. The fourth-order valence-corrected chi connectivity index (χ4v) is 3.85. The molecule has 1 aromatic heterocycles. The molecule has 1 fully saturated rings. The largest absolute Gasteiger partial charge is 0.342 e. The van der Waals surface area contributed by atoms with Crippen molar-refractivity contribution in [2.45, 2.75) is 44.6 Å². The summed E-state index contributed by atoms with van der Waals surface area (Å²) in [6, 6.07) is 4.61. The highest BCUT2D eigenvalue weighted by molar-refractivity contribution is 5.79. The van der Waals surface area contributed by atoms with Gasteiger partial charge in [-0.3, -0.25) is 9.78 Å². The molecule has 130 valence electrons. The second-order valence-corrected chi connectivity index (χ2v) is 7.11. The lowest BCUT2D eigenvalue weighted by Crippen LogP contribution is -2.47. The number of amides is 1. The lowest BCUT2D eigenvalue weighted by molar-refractivity contribution is -0.137. The first kappa shape index (κ1) is 17.2. The van der Waals surface area contributed by atoms with Crippen LogP contribution < -0.4 is 0 Å². The molecule has 1 aromatic rings. The highest BCUT2D eigenvalue weighted by atomic mass is 16.2. The monoisotopic (exact) mass is 327 g/mol. The van der Waals surface area contributed by atoms with E-state index in [2.05, 4.69) is 34.2 Å². The van der Waals surface area contributed by atoms with Gasteiger partial charge in [0.1, 0.15) is 0 Å². The maximum absolute atomic E-state index is 12.7. The maximum Gasteiger partial charge on any atom is 0.225 e. The van der Waals surface area contributed by atoms with Crippen molar-refractivity contribution in [1.29, 1.82) is 0 Å². The number of allylic oxidation sites excluding steroid dienone is 2. The van der Waals surface area contributed by atoms with Crippen molar-refractivity contribution in [3.8, 4) is 0 Å². The third-order valence-corrected chi connectivity index (χ3v) is 5.54. The van der Waals surface area contributed by atoms with E-state index in [1.807, 2.05) is 24.3 Å². The van der Waals surface area contributed by atoms with Crippen molar-refractivity contribution in [3.63, 3.8) is 0 Å². The molecule has 0 bridgehead atoms. The van der Waals surface area contributed by atoms with Crippen LogP contribution in [-0.2, 0) is 11.2 Å². The highest BCUT2D eigenvalue weighted by Crippen LogP contribution is 2.23. The van der Waals surface area contributed by atoms with Crippen LogP contribution in [0.4, 0.5) is 0 Å². The van der Waals surface area contributed by atoms with Gasteiger partial charge in [-0.05, 0) is 56.2 Å². The summed E-state index contributed by atoms with van der Waals surface area (Å²) in [5, 5.41) is 0. The van der Waals surface area contributed by atoms with Gasteiger partial charge in [0.15, 0.2) is 0 Å². The zero-order valence-corrected chi connectivity index (χ0v) is 14.7. The van der Waals surface area contributed by atoms with E-state index in [4.69, 9.17) is 0 Å². The van der Waals surface area contributed by atoms with E-state index in [1.165, 1.54) is 5.56 Å². The topological polar surface area (TPSA) is 36.4 Å². The predicted molar refractivity (Wildman–Crippen MR) is 96.7 cm³/mol. The second-order valence-electron chi connectivity index (χ2n) is 7.11. The lowest BCUT2D eigenvalue weighted by atomic mass is 9.92. The number of rotatable bonds is 5. The van der Waals surface area contributed by atoms with Gasteiger partial charge in [-0.25, -0.2) is 0 Å². The van der Waals surface area contributed by atoms with Crippen molar-refractivity contribution in [2.24, 2.45) is 5.92 Å². The molecule has 1 aliphatic carbocycles. The fraction of sp³-hybridized carbons (Fsp3) is 0.600. The lowest BCUT2D eigenvalue weighted by Gasteiger charge is -2.38. The molecule has 3 rings (SSSR count). The molecule has 1 unspecified atom stereocenters. The van der Waals surface area contributed by atoms with Crippen LogP contribution in [0.15, 0.2) is 36.7 Å². The molecule has 1 saturated heterocycles. The molecule has 1 atom stereocenters. The van der Waals surface area contributed by atoms with E-state index in [0.29, 0.717) is 11.9 Å². The minimum Gasteiger partial charge on any atom is -0.342 e. The van der Waals surface area contributed by atoms with E-state index < -0.39 is 0 Å². The number of piperidine rings is 1. The number of hydrogen-bond donors (Lipinski definition) is 0. The minimum atomic E-state index is 0.213. The van der Waals surface area contributed by atoms with Gasteiger partial charge in [0.05, 0.1) is 0 Å². The van der Waals surface area contributed by atoms with E-state index >= 15 is 0 Å². The van der Waals surface area contributed by atoms with Crippen molar-refractivity contribution >= 4 is 5.91 Å². The number of aromatic nitrogens is 1. The molecule has 1 aliphatic heterocycles. The van der Waals surface area contributed by atoms with E-state index in [9.17, 15) is 4.79 Å². The Kier molecular flexibility index (Phi) is 6.02. The summed E-state index contributed by atoms with van der Waals surface area (Å²) < 4.78 is 0. The first-order chi connectivity index (χ1) is 11.7. The quantitative estimate of drug-likeness (QED) is 0.780. The number of carbonyl (C=O) groups excluding carboxylic acids is 1. The number of nitrogens with zero attached hydrogens (tertiary/aromatic N) is 3. The zero-order valence-electron chi connectivity index (χ0n) is 14.7. The average Bonchev–Trinajstić information content (AvgIpc) is 2.67. The molecule has 4 nitrogen and oxygen atoms in total. The van der Waals surface area contributed by atoms with Crippen LogP contribution in [0.3, 0.4) is 0 Å². The summed E-state index contributed by atoms with van der Waals surface area (Å²) in [7, 11) is 2.01. The van der Waals surface area contributed by atoms with Gasteiger partial charge >= 0.3 is 0 Å². The Hall–Kier alpha value is -1.68. The highest BCUT2D eigenvalue weighted by Gasteiger charge is 2.29. The Balaban J connectivity index is 1.42. The fourth-order valence-electron chi connectivity index (χ4n) is 3.85. The molecule has 0 N–H and O–H groups in total. The van der Waals surface area contributed by atoms with Crippen molar-refractivity contribution in [3.05, 3.63) is 42.2 Å². The van der Waals surface area contributed by atoms with Crippen molar-refractivity contribution < 1.29 is 4.79 Å². The Morgan fingerprint density at radius 3 is 2.62 bits per heavy atom. The van der Waals surface area contributed by atoms with Crippen LogP contribution in [0.25, 0.3) is 0 Å². The van der Waals surface area contributed by atoms with Gasteiger partial charge in [0.2, 0.25) is 5.91 Å². The van der Waals surface area contributed by atoms with E-state index in [0.717, 1.165) is 58.2 Å². The van der Waals surface area contributed by atoms with Gasteiger partial charge < -0.3 is 9.80 Å². The summed E-state index contributed by atoms with van der Waals surface area (Å²) in [6.07, 6.45) is 14.4. The zero-order chi connectivity index (χ0) is 16.8. The molecular formula is C20H29N3O. The van der Waals surface area contributed by atoms with Gasteiger partial charge in [-0.1, -0.05) is 12.2 Å². The third kappa shape index (κ3) is 4.44. The molecular weight excluding hydrogens is 298 g/mol. The second kappa shape index (κ2) is 8.43. The van der Waals surface area contributed by atoms with Crippen LogP contribution in [0.5, 0.6) is 0 Å². The van der Waals surface area contributed by atoms with Crippen LogP contribution in [0, 0.1) is 5.92 Å². The molecule has 2 heterocycles. The molecule has 0 spiro atoms. The van der Waals surface area contributed by atoms with Gasteiger partial charge in [-0.15, -0.1) is 0 Å². The van der Waals surface area contributed by atoms with Crippen molar-refractivity contribution in [1.82, 2.24) is 14.8 Å². The molecule has 24 heavy (non-hydrogen) atoms. The van der Waals surface area contributed by atoms with Crippen LogP contribution in [-0.4, -0.2) is 53.4 Å². The Morgan fingerprint density at radius 1 is 1.21 bits per heavy atom. The summed E-state index contributed by atoms with van der Waals surface area (Å²) >= 11 is 0. The molecule has 4 heteroatoms. The van der Waals surface area contributed by atoms with Crippen LogP contribution in [0.1, 0.15) is 37.7 Å². The number of carbonyl (C=O) groups is 1. The maximum atomic E-state index is 12.7. The Bertz CT molecular complexity index is 549. The standard InChI is InChI=1S/C20H29N3O/c1-22(20(24)18-5-3-2-4-6-18)19-10-15-23(16-11-19)14-9-17-7-12-21-13-8-17/h2-3,7-8,12-13,18-19H,4-6,9-11,14-16H2,1H3. The van der Waals surface area contributed by atoms with Gasteiger partial charge in [-0.2, -0.15) is 0 Å². The number of hydrogen-bond acceptors (Lipinski definition) is 3. The Labute approximate surface area is 145 Å². The molecule has 2 aliphatic rings. The molecule has 0 aromatic carbocycles. The van der Waals surface area contributed by atoms with E-state index in [-0.39, 0.29) is 5.92 Å². The van der Waals surface area contributed by atoms with Crippen LogP contribution in [0.2, 0.25) is 0 Å². The summed E-state index contributed by atoms with van der Waals surface area (Å²) in [5.74, 6) is 0.569. The third-order valence-electron chi connectivity index (χ3n) is 5.54. The molecule has 1 amide bonds. The summed E-state index contributed by atoms with van der Waals surface area (Å²) in [5.41, 5.74) is 1.35. The van der Waals surface area contributed by atoms with E-state index in [1.54, 1.807) is 0 Å². The van der Waals surface area contributed by atoms with Crippen molar-refractivity contribution in [2.75, 3.05) is 26.7 Å². The minimum absolute atomic E-state index is 0.213. The number of likely N-dealkylation sites (tertiary alicyclic amines) is 1. The average molecular weight is 327 g/mol. The normalized spacial score (nSPS) is 22.5. The Morgan fingerprint density at radius 2 is 1.96 bits per heavy atom. The predicted octanol–water partition coefficient (Wildman–Crippen LogP) is 2.90. The number of pyridine rings is 1. The smallest absolute Gasteiger partial charge is 0.225 e.